The number of amides is 1. The molecule has 0 N–H and O–H groups in total. The molecule has 0 aromatic heterocycles. The zero-order valence-electron chi connectivity index (χ0n) is 10.9. The van der Waals surface area contributed by atoms with Crippen LogP contribution in [0.3, 0.4) is 0 Å². The highest BCUT2D eigenvalue weighted by Gasteiger charge is 2.18. The van der Waals surface area contributed by atoms with E-state index < -0.39 is 0 Å². The number of likely N-dealkylation sites (tertiary alicyclic amines) is 1. The van der Waals surface area contributed by atoms with Gasteiger partial charge in [0, 0.05) is 19.2 Å². The molecule has 102 valence electrons. The molecule has 2 nitrogen and oxygen atoms in total. The SMILES string of the molecule is CC1CCCN(C(=O)/C=C/c2cccc(Cl)c2Cl)C1. The Bertz CT molecular complexity index is 499. The molecule has 0 radical (unpaired) electrons. The number of halogens is 2. The molecule has 1 fully saturated rings. The molecule has 1 aliphatic heterocycles. The molecule has 0 saturated carbocycles. The van der Waals surface area contributed by atoms with Crippen molar-refractivity contribution in [2.45, 2.75) is 19.8 Å². The minimum absolute atomic E-state index is 0.0441. The van der Waals surface area contributed by atoms with E-state index in [0.717, 1.165) is 25.1 Å². The summed E-state index contributed by atoms with van der Waals surface area (Å²) in [5.41, 5.74) is 0.771. The maximum Gasteiger partial charge on any atom is 0.246 e. The highest BCUT2D eigenvalue weighted by Crippen LogP contribution is 2.26. The largest absolute Gasteiger partial charge is 0.339 e. The van der Waals surface area contributed by atoms with Gasteiger partial charge in [0.05, 0.1) is 10.0 Å². The Morgan fingerprint density at radius 2 is 2.21 bits per heavy atom. The first-order valence-electron chi connectivity index (χ1n) is 6.49. The van der Waals surface area contributed by atoms with Crippen LogP contribution in [0.15, 0.2) is 24.3 Å². The van der Waals surface area contributed by atoms with E-state index in [1.165, 1.54) is 6.42 Å². The highest BCUT2D eigenvalue weighted by molar-refractivity contribution is 6.42. The summed E-state index contributed by atoms with van der Waals surface area (Å²) < 4.78 is 0. The Balaban J connectivity index is 2.05. The van der Waals surface area contributed by atoms with Gasteiger partial charge >= 0.3 is 0 Å². The van der Waals surface area contributed by atoms with Crippen molar-refractivity contribution in [3.05, 3.63) is 39.9 Å². The zero-order valence-corrected chi connectivity index (χ0v) is 12.4. The summed E-state index contributed by atoms with van der Waals surface area (Å²) >= 11 is 12.0. The van der Waals surface area contributed by atoms with Crippen molar-refractivity contribution in [1.82, 2.24) is 4.90 Å². The molecular formula is C15H17Cl2NO. The van der Waals surface area contributed by atoms with E-state index in [9.17, 15) is 4.79 Å². The van der Waals surface area contributed by atoms with Crippen LogP contribution in [0.5, 0.6) is 0 Å². The maximum absolute atomic E-state index is 12.1. The van der Waals surface area contributed by atoms with Gasteiger partial charge in [-0.05, 0) is 36.5 Å². The third-order valence-electron chi connectivity index (χ3n) is 3.36. The van der Waals surface area contributed by atoms with Gasteiger partial charge in [0.1, 0.15) is 0 Å². The molecule has 0 bridgehead atoms. The monoisotopic (exact) mass is 297 g/mol. The van der Waals surface area contributed by atoms with Gasteiger partial charge in [-0.25, -0.2) is 0 Å². The Hall–Kier alpha value is -0.990. The van der Waals surface area contributed by atoms with Crippen LogP contribution in [0.25, 0.3) is 6.08 Å². The van der Waals surface area contributed by atoms with E-state index in [4.69, 9.17) is 23.2 Å². The first kappa shape index (κ1) is 14.4. The predicted octanol–water partition coefficient (Wildman–Crippen LogP) is 4.27. The maximum atomic E-state index is 12.1. The number of nitrogens with zero attached hydrogens (tertiary/aromatic N) is 1. The van der Waals surface area contributed by atoms with Gasteiger partial charge in [0.2, 0.25) is 5.91 Å². The summed E-state index contributed by atoms with van der Waals surface area (Å²) in [7, 11) is 0. The Morgan fingerprint density at radius 3 is 2.95 bits per heavy atom. The van der Waals surface area contributed by atoms with Crippen LogP contribution in [-0.4, -0.2) is 23.9 Å². The molecule has 1 aliphatic rings. The lowest BCUT2D eigenvalue weighted by atomic mass is 10.0. The Morgan fingerprint density at radius 1 is 1.42 bits per heavy atom. The summed E-state index contributed by atoms with van der Waals surface area (Å²) in [6, 6.07) is 5.40. The van der Waals surface area contributed by atoms with Crippen LogP contribution in [0, 0.1) is 5.92 Å². The normalized spacial score (nSPS) is 19.9. The average Bonchev–Trinajstić information content (AvgIpc) is 2.40. The van der Waals surface area contributed by atoms with Gasteiger partial charge in [-0.15, -0.1) is 0 Å². The zero-order chi connectivity index (χ0) is 13.8. The molecule has 1 saturated heterocycles. The molecule has 1 aromatic rings. The topological polar surface area (TPSA) is 20.3 Å². The van der Waals surface area contributed by atoms with Gasteiger partial charge in [0.25, 0.3) is 0 Å². The molecule has 1 atom stereocenters. The van der Waals surface area contributed by atoms with Crippen LogP contribution < -0.4 is 0 Å². The van der Waals surface area contributed by atoms with Crippen molar-refractivity contribution >= 4 is 35.2 Å². The number of piperidine rings is 1. The van der Waals surface area contributed by atoms with Gasteiger partial charge in [-0.1, -0.05) is 42.3 Å². The van der Waals surface area contributed by atoms with Gasteiger partial charge < -0.3 is 4.90 Å². The molecule has 0 spiro atoms. The summed E-state index contributed by atoms with van der Waals surface area (Å²) in [4.78, 5) is 14.0. The van der Waals surface area contributed by atoms with E-state index in [2.05, 4.69) is 6.92 Å². The van der Waals surface area contributed by atoms with Crippen molar-refractivity contribution in [1.29, 1.82) is 0 Å². The molecule has 1 unspecified atom stereocenters. The first-order valence-corrected chi connectivity index (χ1v) is 7.24. The second-order valence-corrected chi connectivity index (χ2v) is 5.79. The van der Waals surface area contributed by atoms with E-state index >= 15 is 0 Å². The molecule has 4 heteroatoms. The lowest BCUT2D eigenvalue weighted by Crippen LogP contribution is -2.38. The highest BCUT2D eigenvalue weighted by atomic mass is 35.5. The number of rotatable bonds is 2. The lowest BCUT2D eigenvalue weighted by Gasteiger charge is -2.30. The van der Waals surface area contributed by atoms with E-state index in [1.54, 1.807) is 18.2 Å². The average molecular weight is 298 g/mol. The first-order chi connectivity index (χ1) is 9.08. The molecule has 1 heterocycles. The number of benzene rings is 1. The van der Waals surface area contributed by atoms with Crippen molar-refractivity contribution in [3.63, 3.8) is 0 Å². The van der Waals surface area contributed by atoms with Crippen LogP contribution in [0.4, 0.5) is 0 Å². The summed E-state index contributed by atoms with van der Waals surface area (Å²) in [5.74, 6) is 0.628. The van der Waals surface area contributed by atoms with Crippen LogP contribution in [0.1, 0.15) is 25.3 Å². The van der Waals surface area contributed by atoms with E-state index in [1.807, 2.05) is 17.0 Å². The van der Waals surface area contributed by atoms with Crippen molar-refractivity contribution in [2.75, 3.05) is 13.1 Å². The number of carbonyl (C=O) groups excluding carboxylic acids is 1. The fourth-order valence-electron chi connectivity index (χ4n) is 2.31. The minimum Gasteiger partial charge on any atom is -0.339 e. The fourth-order valence-corrected chi connectivity index (χ4v) is 2.68. The van der Waals surface area contributed by atoms with Crippen LogP contribution >= 0.6 is 23.2 Å². The minimum atomic E-state index is 0.0441. The van der Waals surface area contributed by atoms with Crippen molar-refractivity contribution < 1.29 is 4.79 Å². The lowest BCUT2D eigenvalue weighted by molar-refractivity contribution is -0.127. The van der Waals surface area contributed by atoms with Gasteiger partial charge in [0.15, 0.2) is 0 Å². The smallest absolute Gasteiger partial charge is 0.246 e. The molecule has 0 aliphatic carbocycles. The molecule has 1 amide bonds. The fraction of sp³-hybridized carbons (Fsp3) is 0.400. The molecule has 1 aromatic carbocycles. The predicted molar refractivity (Wildman–Crippen MR) is 80.5 cm³/mol. The van der Waals surface area contributed by atoms with E-state index in [-0.39, 0.29) is 5.91 Å². The van der Waals surface area contributed by atoms with Crippen LogP contribution in [0.2, 0.25) is 10.0 Å². The summed E-state index contributed by atoms with van der Waals surface area (Å²) in [6.07, 6.45) is 5.59. The summed E-state index contributed by atoms with van der Waals surface area (Å²) in [6.45, 7) is 3.86. The number of carbonyl (C=O) groups is 1. The summed E-state index contributed by atoms with van der Waals surface area (Å²) in [5, 5.41) is 0.989. The second-order valence-electron chi connectivity index (χ2n) is 5.01. The standard InChI is InChI=1S/C15H17Cl2NO/c1-11-4-3-9-18(10-11)14(19)8-7-12-5-2-6-13(16)15(12)17/h2,5-8,11H,3-4,9-10H2,1H3/b8-7+. The third-order valence-corrected chi connectivity index (χ3v) is 4.19. The molecule has 19 heavy (non-hydrogen) atoms. The van der Waals surface area contributed by atoms with Crippen LogP contribution in [-0.2, 0) is 4.79 Å². The van der Waals surface area contributed by atoms with Crippen molar-refractivity contribution in [3.8, 4) is 0 Å². The van der Waals surface area contributed by atoms with Gasteiger partial charge in [-0.2, -0.15) is 0 Å². The number of hydrogen-bond donors (Lipinski definition) is 0. The van der Waals surface area contributed by atoms with Crippen molar-refractivity contribution in [2.24, 2.45) is 5.92 Å². The third kappa shape index (κ3) is 3.74. The molecule has 2 rings (SSSR count). The Labute approximate surface area is 124 Å². The van der Waals surface area contributed by atoms with E-state index in [0.29, 0.717) is 16.0 Å². The van der Waals surface area contributed by atoms with Gasteiger partial charge in [-0.3, -0.25) is 4.79 Å². The molecular weight excluding hydrogens is 281 g/mol. The Kier molecular flexibility index (Phi) is 4.89. The quantitative estimate of drug-likeness (QED) is 0.747. The second kappa shape index (κ2) is 6.44. The number of hydrogen-bond acceptors (Lipinski definition) is 1.